The topological polar surface area (TPSA) is 67.2 Å². The Bertz CT molecular complexity index is 362. The van der Waals surface area contributed by atoms with E-state index in [1.54, 1.807) is 11.6 Å². The lowest BCUT2D eigenvalue weighted by molar-refractivity contribution is 0.0934. The van der Waals surface area contributed by atoms with Gasteiger partial charge in [-0.15, -0.1) is 0 Å². The SMILES string of the molecule is CCn1nc(C)c(Cl)c1C(=O)NCCO. The number of nitrogens with zero attached hydrogens (tertiary/aromatic N) is 2. The molecule has 0 aliphatic rings. The average molecular weight is 232 g/mol. The van der Waals surface area contributed by atoms with Gasteiger partial charge in [-0.05, 0) is 13.8 Å². The molecule has 0 unspecified atom stereocenters. The minimum absolute atomic E-state index is 0.0946. The first-order valence-corrected chi connectivity index (χ1v) is 5.11. The summed E-state index contributed by atoms with van der Waals surface area (Å²) in [5.74, 6) is -0.309. The Morgan fingerprint density at radius 3 is 2.87 bits per heavy atom. The van der Waals surface area contributed by atoms with Gasteiger partial charge in [0.25, 0.3) is 5.91 Å². The van der Waals surface area contributed by atoms with Crippen LogP contribution in [-0.4, -0.2) is 33.9 Å². The summed E-state index contributed by atoms with van der Waals surface area (Å²) in [5, 5.41) is 15.6. The normalized spacial score (nSPS) is 10.4. The van der Waals surface area contributed by atoms with E-state index in [0.717, 1.165) is 0 Å². The zero-order chi connectivity index (χ0) is 11.4. The van der Waals surface area contributed by atoms with Crippen LogP contribution in [0.3, 0.4) is 0 Å². The molecule has 0 radical (unpaired) electrons. The fourth-order valence-corrected chi connectivity index (χ4v) is 1.48. The molecule has 84 valence electrons. The molecule has 1 aromatic heterocycles. The molecule has 0 saturated carbocycles. The lowest BCUT2D eigenvalue weighted by Gasteiger charge is -2.05. The van der Waals surface area contributed by atoms with Crippen molar-refractivity contribution in [3.63, 3.8) is 0 Å². The minimum atomic E-state index is -0.309. The van der Waals surface area contributed by atoms with Crippen LogP contribution in [0, 0.1) is 6.92 Å². The van der Waals surface area contributed by atoms with Crippen molar-refractivity contribution in [3.8, 4) is 0 Å². The molecule has 1 rings (SSSR count). The van der Waals surface area contributed by atoms with Crippen LogP contribution in [0.4, 0.5) is 0 Å². The molecule has 0 fully saturated rings. The van der Waals surface area contributed by atoms with Crippen molar-refractivity contribution < 1.29 is 9.90 Å². The number of hydrogen-bond acceptors (Lipinski definition) is 3. The molecule has 0 aliphatic carbocycles. The molecular weight excluding hydrogens is 218 g/mol. The molecule has 0 aromatic carbocycles. The number of halogens is 1. The van der Waals surface area contributed by atoms with E-state index in [0.29, 0.717) is 23.0 Å². The lowest BCUT2D eigenvalue weighted by atomic mass is 10.3. The molecule has 15 heavy (non-hydrogen) atoms. The quantitative estimate of drug-likeness (QED) is 0.797. The van der Waals surface area contributed by atoms with Crippen molar-refractivity contribution in [2.24, 2.45) is 0 Å². The van der Waals surface area contributed by atoms with Crippen LogP contribution in [0.25, 0.3) is 0 Å². The summed E-state index contributed by atoms with van der Waals surface area (Å²) in [6.07, 6.45) is 0. The van der Waals surface area contributed by atoms with Gasteiger partial charge in [-0.25, -0.2) is 0 Å². The Morgan fingerprint density at radius 1 is 1.67 bits per heavy atom. The van der Waals surface area contributed by atoms with Gasteiger partial charge in [0.15, 0.2) is 0 Å². The van der Waals surface area contributed by atoms with Crippen molar-refractivity contribution in [1.82, 2.24) is 15.1 Å². The summed E-state index contributed by atoms with van der Waals surface area (Å²) in [6.45, 7) is 4.32. The molecule has 1 heterocycles. The first-order valence-electron chi connectivity index (χ1n) is 4.73. The Kier molecular flexibility index (Phi) is 4.11. The molecule has 0 bridgehead atoms. The van der Waals surface area contributed by atoms with Gasteiger partial charge in [-0.1, -0.05) is 11.6 Å². The summed E-state index contributed by atoms with van der Waals surface area (Å²) in [4.78, 5) is 11.6. The first-order chi connectivity index (χ1) is 7.11. The van der Waals surface area contributed by atoms with Gasteiger partial charge >= 0.3 is 0 Å². The Labute approximate surface area is 93.0 Å². The van der Waals surface area contributed by atoms with E-state index < -0.39 is 0 Å². The molecule has 0 atom stereocenters. The van der Waals surface area contributed by atoms with Crippen LogP contribution < -0.4 is 5.32 Å². The third-order valence-corrected chi connectivity index (χ3v) is 2.42. The van der Waals surface area contributed by atoms with Crippen LogP contribution in [0.1, 0.15) is 23.1 Å². The molecule has 1 amide bonds. The number of nitrogens with one attached hydrogen (secondary N) is 1. The zero-order valence-corrected chi connectivity index (χ0v) is 9.51. The highest BCUT2D eigenvalue weighted by Gasteiger charge is 2.18. The second-order valence-corrected chi connectivity index (χ2v) is 3.42. The maximum Gasteiger partial charge on any atom is 0.271 e. The predicted molar refractivity (Wildman–Crippen MR) is 57.1 cm³/mol. The highest BCUT2D eigenvalue weighted by atomic mass is 35.5. The fraction of sp³-hybridized carbons (Fsp3) is 0.556. The summed E-state index contributed by atoms with van der Waals surface area (Å²) >= 11 is 5.96. The molecular formula is C9H14ClN3O2. The minimum Gasteiger partial charge on any atom is -0.395 e. The van der Waals surface area contributed by atoms with E-state index in [4.69, 9.17) is 16.7 Å². The second kappa shape index (κ2) is 5.14. The monoisotopic (exact) mass is 231 g/mol. The van der Waals surface area contributed by atoms with Gasteiger partial charge in [0, 0.05) is 13.1 Å². The number of carbonyl (C=O) groups is 1. The molecule has 6 heteroatoms. The standard InChI is InChI=1S/C9H14ClN3O2/c1-3-13-8(7(10)6(2)12-13)9(15)11-4-5-14/h14H,3-5H2,1-2H3,(H,11,15). The highest BCUT2D eigenvalue weighted by Crippen LogP contribution is 2.19. The summed E-state index contributed by atoms with van der Waals surface area (Å²) in [7, 11) is 0. The van der Waals surface area contributed by atoms with Crippen molar-refractivity contribution >= 4 is 17.5 Å². The van der Waals surface area contributed by atoms with Crippen LogP contribution in [0.5, 0.6) is 0 Å². The zero-order valence-electron chi connectivity index (χ0n) is 8.75. The number of aromatic nitrogens is 2. The van der Waals surface area contributed by atoms with Crippen LogP contribution in [-0.2, 0) is 6.54 Å². The number of amides is 1. The fourth-order valence-electron chi connectivity index (χ4n) is 1.26. The van der Waals surface area contributed by atoms with E-state index in [-0.39, 0.29) is 19.1 Å². The summed E-state index contributed by atoms with van der Waals surface area (Å²) in [5.41, 5.74) is 0.984. The smallest absolute Gasteiger partial charge is 0.271 e. The summed E-state index contributed by atoms with van der Waals surface area (Å²) in [6, 6.07) is 0. The molecule has 2 N–H and O–H groups in total. The van der Waals surface area contributed by atoms with Crippen molar-refractivity contribution in [2.75, 3.05) is 13.2 Å². The maximum absolute atomic E-state index is 11.6. The first kappa shape index (κ1) is 12.0. The lowest BCUT2D eigenvalue weighted by Crippen LogP contribution is -2.28. The predicted octanol–water partition coefficient (Wildman–Crippen LogP) is 0.587. The van der Waals surface area contributed by atoms with Gasteiger partial charge in [0.2, 0.25) is 0 Å². The van der Waals surface area contributed by atoms with Gasteiger partial charge in [0.05, 0.1) is 17.3 Å². The molecule has 5 nitrogen and oxygen atoms in total. The number of aliphatic hydroxyl groups excluding tert-OH is 1. The van der Waals surface area contributed by atoms with Crippen molar-refractivity contribution in [3.05, 3.63) is 16.4 Å². The third kappa shape index (κ3) is 2.49. The number of aliphatic hydroxyl groups is 1. The number of aryl methyl sites for hydroxylation is 2. The molecule has 1 aromatic rings. The van der Waals surface area contributed by atoms with Crippen LogP contribution in [0.15, 0.2) is 0 Å². The number of carbonyl (C=O) groups excluding carboxylic acids is 1. The third-order valence-electron chi connectivity index (χ3n) is 1.97. The van der Waals surface area contributed by atoms with E-state index in [2.05, 4.69) is 10.4 Å². The summed E-state index contributed by atoms with van der Waals surface area (Å²) < 4.78 is 1.55. The Hall–Kier alpha value is -1.07. The van der Waals surface area contributed by atoms with Crippen LogP contribution >= 0.6 is 11.6 Å². The molecule has 0 spiro atoms. The van der Waals surface area contributed by atoms with E-state index in [9.17, 15) is 4.79 Å². The Morgan fingerprint density at radius 2 is 2.33 bits per heavy atom. The van der Waals surface area contributed by atoms with Gasteiger partial charge in [-0.2, -0.15) is 5.10 Å². The van der Waals surface area contributed by atoms with Crippen molar-refractivity contribution in [1.29, 1.82) is 0 Å². The maximum atomic E-state index is 11.6. The van der Waals surface area contributed by atoms with Gasteiger partial charge in [0.1, 0.15) is 5.69 Å². The van der Waals surface area contributed by atoms with Gasteiger partial charge in [-0.3, -0.25) is 9.48 Å². The number of rotatable bonds is 4. The van der Waals surface area contributed by atoms with Gasteiger partial charge < -0.3 is 10.4 Å². The van der Waals surface area contributed by atoms with Crippen LogP contribution in [0.2, 0.25) is 5.02 Å². The molecule has 0 aliphatic heterocycles. The highest BCUT2D eigenvalue weighted by molar-refractivity contribution is 6.34. The number of hydrogen-bond donors (Lipinski definition) is 2. The van der Waals surface area contributed by atoms with E-state index >= 15 is 0 Å². The van der Waals surface area contributed by atoms with E-state index in [1.165, 1.54) is 0 Å². The second-order valence-electron chi connectivity index (χ2n) is 3.04. The molecule has 0 saturated heterocycles. The largest absolute Gasteiger partial charge is 0.395 e. The average Bonchev–Trinajstić information content (AvgIpc) is 2.51. The van der Waals surface area contributed by atoms with E-state index in [1.807, 2.05) is 6.92 Å². The van der Waals surface area contributed by atoms with Crippen molar-refractivity contribution in [2.45, 2.75) is 20.4 Å². The Balaban J connectivity index is 2.96.